The number of halogens is 2. The second-order valence-corrected chi connectivity index (χ2v) is 3.75. The zero-order valence-corrected chi connectivity index (χ0v) is 8.96. The molecule has 60 valence electrons. The lowest BCUT2D eigenvalue weighted by Crippen LogP contribution is -1.86. The van der Waals surface area contributed by atoms with Gasteiger partial charge in [-0.25, -0.2) is 0 Å². The van der Waals surface area contributed by atoms with Crippen molar-refractivity contribution in [3.8, 4) is 0 Å². The highest BCUT2D eigenvalue weighted by atomic mass is 79.9. The maximum absolute atomic E-state index is 5.75. The molecule has 0 aliphatic heterocycles. The third-order valence-corrected chi connectivity index (χ3v) is 3.04. The van der Waals surface area contributed by atoms with Gasteiger partial charge in [0.1, 0.15) is 0 Å². The number of benzene rings is 1. The lowest BCUT2D eigenvalue weighted by molar-refractivity contribution is 1.26. The first-order valence-corrected chi connectivity index (χ1v) is 4.79. The van der Waals surface area contributed by atoms with Crippen LogP contribution >= 0.6 is 27.5 Å². The second kappa shape index (κ2) is 3.59. The maximum Gasteiger partial charge on any atom is 0.0485 e. The summed E-state index contributed by atoms with van der Waals surface area (Å²) in [7, 11) is 0. The maximum atomic E-state index is 5.75. The molecule has 0 amide bonds. The van der Waals surface area contributed by atoms with E-state index in [2.05, 4.69) is 41.9 Å². The van der Waals surface area contributed by atoms with Gasteiger partial charge in [-0.3, -0.25) is 0 Å². The number of alkyl halides is 1. The van der Waals surface area contributed by atoms with Crippen LogP contribution in [-0.2, 0) is 5.88 Å². The summed E-state index contributed by atoms with van der Waals surface area (Å²) < 4.78 is 1.14. The Balaban J connectivity index is 3.24. The Morgan fingerprint density at radius 2 is 2.00 bits per heavy atom. The molecule has 0 bridgehead atoms. The van der Waals surface area contributed by atoms with E-state index in [1.807, 2.05) is 0 Å². The Bertz CT molecular complexity index is 269. The van der Waals surface area contributed by atoms with E-state index in [-0.39, 0.29) is 0 Å². The molecule has 0 N–H and O–H groups in total. The van der Waals surface area contributed by atoms with E-state index in [1.165, 1.54) is 16.7 Å². The first-order chi connectivity index (χ1) is 5.15. The van der Waals surface area contributed by atoms with Gasteiger partial charge in [0, 0.05) is 10.4 Å². The van der Waals surface area contributed by atoms with Gasteiger partial charge in [0.25, 0.3) is 0 Å². The smallest absolute Gasteiger partial charge is 0.0485 e. The highest BCUT2D eigenvalue weighted by Crippen LogP contribution is 2.24. The van der Waals surface area contributed by atoms with Crippen LogP contribution in [0.3, 0.4) is 0 Å². The van der Waals surface area contributed by atoms with Crippen molar-refractivity contribution in [3.63, 3.8) is 0 Å². The fourth-order valence-electron chi connectivity index (χ4n) is 1.14. The van der Waals surface area contributed by atoms with Crippen molar-refractivity contribution in [1.29, 1.82) is 0 Å². The molecule has 0 saturated carbocycles. The van der Waals surface area contributed by atoms with Crippen molar-refractivity contribution in [2.75, 3.05) is 0 Å². The predicted molar refractivity (Wildman–Crippen MR) is 53.2 cm³/mol. The van der Waals surface area contributed by atoms with E-state index < -0.39 is 0 Å². The van der Waals surface area contributed by atoms with Gasteiger partial charge >= 0.3 is 0 Å². The molecule has 0 aliphatic carbocycles. The summed E-state index contributed by atoms with van der Waals surface area (Å²) in [6.07, 6.45) is 0. The molecular formula is C9H10BrCl. The van der Waals surface area contributed by atoms with Crippen LogP contribution in [0.1, 0.15) is 16.7 Å². The fraction of sp³-hybridized carbons (Fsp3) is 0.333. The molecule has 0 heterocycles. The van der Waals surface area contributed by atoms with Crippen LogP contribution in [0.15, 0.2) is 16.6 Å². The molecule has 0 fully saturated rings. The molecule has 0 unspecified atom stereocenters. The van der Waals surface area contributed by atoms with Gasteiger partial charge in [-0.15, -0.1) is 11.6 Å². The molecule has 0 radical (unpaired) electrons. The minimum Gasteiger partial charge on any atom is -0.122 e. The van der Waals surface area contributed by atoms with E-state index in [1.54, 1.807) is 0 Å². The van der Waals surface area contributed by atoms with Crippen molar-refractivity contribution >= 4 is 27.5 Å². The van der Waals surface area contributed by atoms with E-state index >= 15 is 0 Å². The Kier molecular flexibility index (Phi) is 2.97. The molecule has 11 heavy (non-hydrogen) atoms. The van der Waals surface area contributed by atoms with E-state index in [4.69, 9.17) is 11.6 Å². The Morgan fingerprint density at radius 3 is 2.55 bits per heavy atom. The summed E-state index contributed by atoms with van der Waals surface area (Å²) in [5.41, 5.74) is 3.69. The van der Waals surface area contributed by atoms with Crippen molar-refractivity contribution < 1.29 is 0 Å². The first-order valence-electron chi connectivity index (χ1n) is 3.46. The van der Waals surface area contributed by atoms with Crippen LogP contribution in [0.2, 0.25) is 0 Å². The van der Waals surface area contributed by atoms with Crippen LogP contribution in [0.25, 0.3) is 0 Å². The van der Waals surface area contributed by atoms with Gasteiger partial charge in [0.2, 0.25) is 0 Å². The summed E-state index contributed by atoms with van der Waals surface area (Å²) >= 11 is 9.24. The molecule has 0 aromatic heterocycles. The summed E-state index contributed by atoms with van der Waals surface area (Å²) in [5, 5.41) is 0. The van der Waals surface area contributed by atoms with Crippen LogP contribution in [0.5, 0.6) is 0 Å². The van der Waals surface area contributed by atoms with Gasteiger partial charge in [-0.1, -0.05) is 33.6 Å². The summed E-state index contributed by atoms with van der Waals surface area (Å²) in [6, 6.07) is 4.24. The van der Waals surface area contributed by atoms with Gasteiger partial charge in [0.15, 0.2) is 0 Å². The number of hydrogen-bond donors (Lipinski definition) is 0. The van der Waals surface area contributed by atoms with Gasteiger partial charge in [-0.05, 0) is 25.0 Å². The Morgan fingerprint density at radius 1 is 1.36 bits per heavy atom. The zero-order valence-electron chi connectivity index (χ0n) is 6.62. The topological polar surface area (TPSA) is 0 Å². The van der Waals surface area contributed by atoms with Crippen LogP contribution in [0, 0.1) is 13.8 Å². The van der Waals surface area contributed by atoms with Crippen LogP contribution < -0.4 is 0 Å². The number of aryl methyl sites for hydroxylation is 2. The highest BCUT2D eigenvalue weighted by Gasteiger charge is 2.01. The molecular weight excluding hydrogens is 223 g/mol. The molecule has 1 aromatic carbocycles. The van der Waals surface area contributed by atoms with E-state index in [9.17, 15) is 0 Å². The van der Waals surface area contributed by atoms with Crippen molar-refractivity contribution in [3.05, 3.63) is 33.3 Å². The minimum absolute atomic E-state index is 0.573. The zero-order chi connectivity index (χ0) is 8.43. The molecule has 1 rings (SSSR count). The Hall–Kier alpha value is -0.0100. The fourth-order valence-corrected chi connectivity index (χ4v) is 1.88. The number of hydrogen-bond acceptors (Lipinski definition) is 0. The normalized spacial score (nSPS) is 10.2. The van der Waals surface area contributed by atoms with Gasteiger partial charge < -0.3 is 0 Å². The summed E-state index contributed by atoms with van der Waals surface area (Å²) in [6.45, 7) is 4.16. The molecule has 1 aromatic rings. The highest BCUT2D eigenvalue weighted by molar-refractivity contribution is 9.10. The minimum atomic E-state index is 0.573. The molecule has 0 atom stereocenters. The summed E-state index contributed by atoms with van der Waals surface area (Å²) in [5.74, 6) is 0.573. The molecule has 0 saturated heterocycles. The van der Waals surface area contributed by atoms with Gasteiger partial charge in [-0.2, -0.15) is 0 Å². The van der Waals surface area contributed by atoms with Crippen LogP contribution in [-0.4, -0.2) is 0 Å². The molecule has 0 aliphatic rings. The SMILES string of the molecule is Cc1cc(C)c(Br)c(CCl)c1. The quantitative estimate of drug-likeness (QED) is 0.647. The largest absolute Gasteiger partial charge is 0.122 e. The molecule has 0 nitrogen and oxygen atoms in total. The summed E-state index contributed by atoms with van der Waals surface area (Å²) in [4.78, 5) is 0. The molecule has 0 spiro atoms. The van der Waals surface area contributed by atoms with Gasteiger partial charge in [0.05, 0.1) is 0 Å². The third kappa shape index (κ3) is 1.97. The van der Waals surface area contributed by atoms with E-state index in [0.717, 1.165) is 4.47 Å². The van der Waals surface area contributed by atoms with Crippen molar-refractivity contribution in [2.45, 2.75) is 19.7 Å². The average molecular weight is 234 g/mol. The van der Waals surface area contributed by atoms with Crippen molar-refractivity contribution in [2.24, 2.45) is 0 Å². The standard InChI is InChI=1S/C9H10BrCl/c1-6-3-7(2)9(10)8(4-6)5-11/h3-4H,5H2,1-2H3. The second-order valence-electron chi connectivity index (χ2n) is 2.69. The third-order valence-electron chi connectivity index (χ3n) is 1.62. The number of rotatable bonds is 1. The Labute approximate surface area is 80.7 Å². The first kappa shape index (κ1) is 9.08. The van der Waals surface area contributed by atoms with E-state index in [0.29, 0.717) is 5.88 Å². The lowest BCUT2D eigenvalue weighted by atomic mass is 10.1. The predicted octanol–water partition coefficient (Wildman–Crippen LogP) is 3.80. The molecule has 2 heteroatoms. The monoisotopic (exact) mass is 232 g/mol. The van der Waals surface area contributed by atoms with Crippen molar-refractivity contribution in [1.82, 2.24) is 0 Å². The lowest BCUT2D eigenvalue weighted by Gasteiger charge is -2.05. The van der Waals surface area contributed by atoms with Crippen LogP contribution in [0.4, 0.5) is 0 Å². The average Bonchev–Trinajstić information content (AvgIpc) is 1.96.